The van der Waals surface area contributed by atoms with E-state index >= 15 is 0 Å². The van der Waals surface area contributed by atoms with Gasteiger partial charge in [-0.05, 0) is 19.1 Å². The average Bonchev–Trinajstić information content (AvgIpc) is 2.26. The van der Waals surface area contributed by atoms with Gasteiger partial charge in [0.2, 0.25) is 0 Å². The van der Waals surface area contributed by atoms with Crippen molar-refractivity contribution in [2.75, 3.05) is 5.43 Å². The molecule has 78 valence electrons. The number of hydrazone groups is 1. The van der Waals surface area contributed by atoms with Gasteiger partial charge in [0.25, 0.3) is 5.69 Å². The van der Waals surface area contributed by atoms with Gasteiger partial charge in [-0.25, -0.2) is 0 Å². The first kappa shape index (κ1) is 10.8. The van der Waals surface area contributed by atoms with Crippen molar-refractivity contribution < 1.29 is 9.72 Å². The molecule has 0 amide bonds. The summed E-state index contributed by atoms with van der Waals surface area (Å²) in [4.78, 5) is 20.1. The van der Waals surface area contributed by atoms with Gasteiger partial charge in [-0.1, -0.05) is 0 Å². The summed E-state index contributed by atoms with van der Waals surface area (Å²) in [6.07, 6.45) is 0.610. The van der Waals surface area contributed by atoms with Crippen LogP contribution in [0.3, 0.4) is 0 Å². The first-order valence-corrected chi connectivity index (χ1v) is 4.13. The molecule has 0 aliphatic rings. The van der Waals surface area contributed by atoms with Crippen molar-refractivity contribution in [3.63, 3.8) is 0 Å². The highest BCUT2D eigenvalue weighted by molar-refractivity contribution is 6.27. The van der Waals surface area contributed by atoms with E-state index in [0.717, 1.165) is 0 Å². The van der Waals surface area contributed by atoms with Crippen LogP contribution in [-0.2, 0) is 4.79 Å². The fourth-order valence-corrected chi connectivity index (χ4v) is 0.837. The van der Waals surface area contributed by atoms with Crippen LogP contribution in [0.25, 0.3) is 0 Å². The Morgan fingerprint density at radius 2 is 2.07 bits per heavy atom. The molecule has 0 aliphatic carbocycles. The zero-order valence-electron chi connectivity index (χ0n) is 8.01. The number of anilines is 1. The van der Waals surface area contributed by atoms with Crippen molar-refractivity contribution in [2.24, 2.45) is 5.10 Å². The second-order valence-electron chi connectivity index (χ2n) is 2.79. The van der Waals surface area contributed by atoms with Crippen LogP contribution >= 0.6 is 0 Å². The van der Waals surface area contributed by atoms with Crippen molar-refractivity contribution in [3.8, 4) is 0 Å². The number of hydrogen-bond acceptors (Lipinski definition) is 5. The van der Waals surface area contributed by atoms with Crippen LogP contribution < -0.4 is 5.43 Å². The van der Waals surface area contributed by atoms with Crippen molar-refractivity contribution >= 4 is 23.4 Å². The minimum Gasteiger partial charge on any atom is -0.296 e. The van der Waals surface area contributed by atoms with E-state index in [-0.39, 0.29) is 5.69 Å². The minimum atomic E-state index is -0.482. The summed E-state index contributed by atoms with van der Waals surface area (Å²) in [7, 11) is 0. The maximum atomic E-state index is 10.3. The van der Waals surface area contributed by atoms with E-state index in [1.807, 2.05) is 0 Å². The highest BCUT2D eigenvalue weighted by Gasteiger charge is 2.02. The van der Waals surface area contributed by atoms with Crippen LogP contribution in [0.5, 0.6) is 0 Å². The van der Waals surface area contributed by atoms with Gasteiger partial charge in [-0.15, -0.1) is 0 Å². The molecule has 0 aromatic heterocycles. The number of nitro benzene ring substituents is 1. The van der Waals surface area contributed by atoms with E-state index in [1.165, 1.54) is 24.3 Å². The predicted octanol–water partition coefficient (Wildman–Crippen LogP) is 1.58. The number of nitro groups is 1. The van der Waals surface area contributed by atoms with Crippen LogP contribution in [0.2, 0.25) is 0 Å². The molecular formula is C9H9N3O3. The van der Waals surface area contributed by atoms with Gasteiger partial charge < -0.3 is 0 Å². The Labute approximate surface area is 85.8 Å². The largest absolute Gasteiger partial charge is 0.296 e. The zero-order chi connectivity index (χ0) is 11.3. The van der Waals surface area contributed by atoms with Crippen molar-refractivity contribution in [1.29, 1.82) is 0 Å². The molecule has 0 fully saturated rings. The van der Waals surface area contributed by atoms with Gasteiger partial charge in [-0.2, -0.15) is 5.10 Å². The first-order chi connectivity index (χ1) is 7.13. The molecular weight excluding hydrogens is 198 g/mol. The number of aldehydes is 1. The number of nitrogens with one attached hydrogen (secondary N) is 1. The molecule has 0 aliphatic heterocycles. The molecule has 0 heterocycles. The summed E-state index contributed by atoms with van der Waals surface area (Å²) < 4.78 is 0. The van der Waals surface area contributed by atoms with Crippen molar-refractivity contribution in [3.05, 3.63) is 34.4 Å². The number of carbonyl (C=O) groups excluding carboxylic acids is 1. The van der Waals surface area contributed by atoms with Crippen LogP contribution in [-0.4, -0.2) is 16.9 Å². The lowest BCUT2D eigenvalue weighted by molar-refractivity contribution is -0.384. The molecule has 6 heteroatoms. The summed E-state index contributed by atoms with van der Waals surface area (Å²) in [5.41, 5.74) is 3.49. The number of hydrogen-bond donors (Lipinski definition) is 1. The topological polar surface area (TPSA) is 84.6 Å². The fraction of sp³-hybridized carbons (Fsp3) is 0.111. The molecule has 1 aromatic carbocycles. The smallest absolute Gasteiger partial charge is 0.269 e. The van der Waals surface area contributed by atoms with Crippen LogP contribution in [0.1, 0.15) is 6.92 Å². The third-order valence-electron chi connectivity index (χ3n) is 1.61. The van der Waals surface area contributed by atoms with E-state index < -0.39 is 4.92 Å². The lowest BCUT2D eigenvalue weighted by Crippen LogP contribution is -1.98. The highest BCUT2D eigenvalue weighted by atomic mass is 16.6. The fourth-order valence-electron chi connectivity index (χ4n) is 0.837. The Bertz CT molecular complexity index is 398. The monoisotopic (exact) mass is 207 g/mol. The molecule has 15 heavy (non-hydrogen) atoms. The second kappa shape index (κ2) is 4.85. The summed E-state index contributed by atoms with van der Waals surface area (Å²) in [5, 5.41) is 14.1. The van der Waals surface area contributed by atoms with E-state index in [2.05, 4.69) is 10.5 Å². The number of non-ortho nitro benzene ring substituents is 1. The Hall–Kier alpha value is -2.24. The molecule has 0 bridgehead atoms. The minimum absolute atomic E-state index is 0.0108. The highest BCUT2D eigenvalue weighted by Crippen LogP contribution is 2.15. The van der Waals surface area contributed by atoms with Crippen molar-refractivity contribution in [1.82, 2.24) is 0 Å². The zero-order valence-corrected chi connectivity index (χ0v) is 8.01. The Morgan fingerprint density at radius 1 is 1.47 bits per heavy atom. The molecule has 0 atom stereocenters. The number of carbonyl (C=O) groups is 1. The molecule has 1 rings (SSSR count). The molecule has 0 unspecified atom stereocenters. The van der Waals surface area contributed by atoms with Gasteiger partial charge >= 0.3 is 0 Å². The van der Waals surface area contributed by atoms with Gasteiger partial charge in [0.1, 0.15) is 0 Å². The van der Waals surface area contributed by atoms with Gasteiger partial charge in [0.05, 0.1) is 16.3 Å². The maximum Gasteiger partial charge on any atom is 0.269 e. The van der Waals surface area contributed by atoms with E-state index in [1.54, 1.807) is 6.92 Å². The molecule has 0 radical (unpaired) electrons. The predicted molar refractivity (Wildman–Crippen MR) is 55.9 cm³/mol. The lowest BCUT2D eigenvalue weighted by Gasteiger charge is -1.99. The Kier molecular flexibility index (Phi) is 3.50. The van der Waals surface area contributed by atoms with Gasteiger partial charge in [0, 0.05) is 12.1 Å². The molecule has 1 N–H and O–H groups in total. The molecule has 0 spiro atoms. The summed E-state index contributed by atoms with van der Waals surface area (Å²) in [6, 6.07) is 5.74. The van der Waals surface area contributed by atoms with Gasteiger partial charge in [0.15, 0.2) is 6.29 Å². The standard InChI is InChI=1S/C9H9N3O3/c1-7(6-13)10-11-8-2-4-9(5-3-8)12(14)15/h2-6,11H,1H3. The molecule has 0 saturated carbocycles. The van der Waals surface area contributed by atoms with Crippen LogP contribution in [0.15, 0.2) is 29.4 Å². The van der Waals surface area contributed by atoms with Gasteiger partial charge in [-0.3, -0.25) is 20.3 Å². The molecule has 0 saturated heterocycles. The summed E-state index contributed by atoms with van der Waals surface area (Å²) in [5.74, 6) is 0. The number of benzene rings is 1. The Balaban J connectivity index is 2.73. The number of nitrogens with zero attached hydrogens (tertiary/aromatic N) is 2. The summed E-state index contributed by atoms with van der Waals surface area (Å²) >= 11 is 0. The van der Waals surface area contributed by atoms with E-state index in [9.17, 15) is 14.9 Å². The van der Waals surface area contributed by atoms with Crippen LogP contribution in [0, 0.1) is 10.1 Å². The lowest BCUT2D eigenvalue weighted by atomic mass is 10.3. The van der Waals surface area contributed by atoms with E-state index in [0.29, 0.717) is 17.7 Å². The molecule has 1 aromatic rings. The first-order valence-electron chi connectivity index (χ1n) is 4.13. The Morgan fingerprint density at radius 3 is 2.53 bits per heavy atom. The molecule has 6 nitrogen and oxygen atoms in total. The second-order valence-corrected chi connectivity index (χ2v) is 2.79. The SMILES string of the molecule is CC(C=O)=NNc1ccc([N+](=O)[O-])cc1. The van der Waals surface area contributed by atoms with E-state index in [4.69, 9.17) is 0 Å². The summed E-state index contributed by atoms with van der Waals surface area (Å²) in [6.45, 7) is 1.55. The van der Waals surface area contributed by atoms with Crippen molar-refractivity contribution in [2.45, 2.75) is 6.92 Å². The average molecular weight is 207 g/mol. The quantitative estimate of drug-likeness (QED) is 0.351. The maximum absolute atomic E-state index is 10.3. The normalized spacial score (nSPS) is 10.9. The third kappa shape index (κ3) is 3.18. The number of rotatable bonds is 4. The third-order valence-corrected chi connectivity index (χ3v) is 1.61. The van der Waals surface area contributed by atoms with Crippen LogP contribution in [0.4, 0.5) is 11.4 Å².